The van der Waals surface area contributed by atoms with E-state index in [1.807, 2.05) is 0 Å². The fraction of sp³-hybridized carbons (Fsp3) is 0.273. The number of anilines is 2. The van der Waals surface area contributed by atoms with Gasteiger partial charge in [-0.05, 0) is 74.4 Å². The van der Waals surface area contributed by atoms with Crippen molar-refractivity contribution < 1.29 is 22.8 Å². The highest BCUT2D eigenvalue weighted by Gasteiger charge is 2.50. The van der Waals surface area contributed by atoms with Gasteiger partial charge in [0.15, 0.2) is 5.11 Å². The smallest absolute Gasteiger partial charge is 0.352 e. The van der Waals surface area contributed by atoms with E-state index in [0.29, 0.717) is 24.2 Å². The molecular formula is C22H17F3N4O2S. The second-order valence-corrected chi connectivity index (χ2v) is 8.37. The molecule has 164 valence electrons. The van der Waals surface area contributed by atoms with Gasteiger partial charge in [-0.2, -0.15) is 18.4 Å². The molecule has 0 aliphatic carbocycles. The molecule has 0 bridgehead atoms. The van der Waals surface area contributed by atoms with Crippen LogP contribution >= 0.6 is 12.2 Å². The topological polar surface area (TPSA) is 76.4 Å². The number of rotatable bonds is 2. The summed E-state index contributed by atoms with van der Waals surface area (Å²) in [6.07, 6.45) is -4.15. The predicted molar refractivity (Wildman–Crippen MR) is 115 cm³/mol. The molecule has 6 nitrogen and oxygen atoms in total. The summed E-state index contributed by atoms with van der Waals surface area (Å²) in [5.41, 5.74) is -1.03. The Morgan fingerprint density at radius 1 is 1.12 bits per heavy atom. The van der Waals surface area contributed by atoms with Crippen LogP contribution in [0.1, 0.15) is 40.9 Å². The van der Waals surface area contributed by atoms with Gasteiger partial charge in [-0.3, -0.25) is 14.5 Å². The van der Waals surface area contributed by atoms with Crippen molar-refractivity contribution in [3.8, 4) is 6.07 Å². The number of halogens is 3. The Morgan fingerprint density at radius 3 is 2.47 bits per heavy atom. The van der Waals surface area contributed by atoms with Crippen molar-refractivity contribution in [1.29, 1.82) is 5.26 Å². The molecule has 2 heterocycles. The fourth-order valence-corrected chi connectivity index (χ4v) is 4.53. The summed E-state index contributed by atoms with van der Waals surface area (Å²) in [5, 5.41) is 11.8. The Morgan fingerprint density at radius 2 is 1.81 bits per heavy atom. The zero-order valence-corrected chi connectivity index (χ0v) is 17.9. The molecule has 0 radical (unpaired) electrons. The van der Waals surface area contributed by atoms with E-state index in [0.717, 1.165) is 22.6 Å². The molecule has 2 aliphatic heterocycles. The number of thiocarbonyl (C=S) groups is 1. The number of fused-ring (bicyclic) bond motifs is 1. The van der Waals surface area contributed by atoms with Crippen molar-refractivity contribution >= 4 is 40.5 Å². The summed E-state index contributed by atoms with van der Waals surface area (Å²) < 4.78 is 40.4. The Balaban J connectivity index is 1.79. The maximum Gasteiger partial charge on any atom is 0.417 e. The van der Waals surface area contributed by atoms with Crippen LogP contribution in [0.3, 0.4) is 0 Å². The molecule has 2 aromatic rings. The van der Waals surface area contributed by atoms with Gasteiger partial charge in [-0.1, -0.05) is 0 Å². The van der Waals surface area contributed by atoms with Crippen molar-refractivity contribution in [2.75, 3.05) is 16.3 Å². The zero-order valence-electron chi connectivity index (χ0n) is 17.1. The molecule has 0 aromatic heterocycles. The van der Waals surface area contributed by atoms with Gasteiger partial charge in [0.2, 0.25) is 0 Å². The highest BCUT2D eigenvalue weighted by molar-refractivity contribution is 7.81. The number of nitrogens with one attached hydrogen (secondary N) is 1. The predicted octanol–water partition coefficient (Wildman–Crippen LogP) is 3.78. The van der Waals surface area contributed by atoms with E-state index in [-0.39, 0.29) is 16.7 Å². The number of nitrogens with zero attached hydrogens (tertiary/aromatic N) is 3. The molecule has 1 N–H and O–H groups in total. The summed E-state index contributed by atoms with van der Waals surface area (Å²) in [4.78, 5) is 27.9. The average Bonchev–Trinajstić information content (AvgIpc) is 2.90. The molecule has 32 heavy (non-hydrogen) atoms. The van der Waals surface area contributed by atoms with Crippen molar-refractivity contribution in [3.63, 3.8) is 0 Å². The first-order valence-electron chi connectivity index (χ1n) is 9.68. The maximum atomic E-state index is 13.5. The molecule has 0 spiro atoms. The van der Waals surface area contributed by atoms with Crippen LogP contribution in [-0.2, 0) is 17.4 Å². The molecule has 0 unspecified atom stereocenters. The number of alkyl halides is 3. The third kappa shape index (κ3) is 3.29. The van der Waals surface area contributed by atoms with Crippen molar-refractivity contribution in [1.82, 2.24) is 5.32 Å². The van der Waals surface area contributed by atoms with Gasteiger partial charge in [0.05, 0.1) is 22.9 Å². The van der Waals surface area contributed by atoms with Gasteiger partial charge in [-0.25, -0.2) is 0 Å². The van der Waals surface area contributed by atoms with Gasteiger partial charge < -0.3 is 10.2 Å². The third-order valence-electron chi connectivity index (χ3n) is 5.63. The van der Waals surface area contributed by atoms with E-state index < -0.39 is 28.7 Å². The molecule has 0 atom stereocenters. The minimum Gasteiger partial charge on any atom is -0.352 e. The Hall–Kier alpha value is -3.45. The quantitative estimate of drug-likeness (QED) is 0.694. The standard InChI is InChI=1S/C22H17F3N4O2S/c1-21(2)19(31)28(14-4-3-13(11-26)17(10-14)22(23,24)25)20(32)29(21)15-5-6-16-12(9-15)7-8-27-18(16)30/h3-6,9-10H,7-8H2,1-2H3,(H,27,30). The van der Waals surface area contributed by atoms with Gasteiger partial charge >= 0.3 is 6.18 Å². The molecule has 1 saturated heterocycles. The van der Waals surface area contributed by atoms with Crippen LogP contribution in [-0.4, -0.2) is 29.0 Å². The maximum absolute atomic E-state index is 13.5. The Labute approximate surface area is 187 Å². The minimum atomic E-state index is -4.76. The number of hydrogen-bond acceptors (Lipinski definition) is 4. The number of nitriles is 1. The first-order chi connectivity index (χ1) is 15.0. The van der Waals surface area contributed by atoms with E-state index >= 15 is 0 Å². The molecule has 2 aliphatic rings. The lowest BCUT2D eigenvalue weighted by Crippen LogP contribution is -2.44. The largest absolute Gasteiger partial charge is 0.417 e. The van der Waals surface area contributed by atoms with Crippen molar-refractivity contribution in [2.24, 2.45) is 0 Å². The lowest BCUT2D eigenvalue weighted by Gasteiger charge is -2.30. The average molecular weight is 458 g/mol. The van der Waals surface area contributed by atoms with E-state index in [9.17, 15) is 22.8 Å². The summed E-state index contributed by atoms with van der Waals surface area (Å²) in [5.74, 6) is -0.688. The lowest BCUT2D eigenvalue weighted by molar-refractivity contribution is -0.137. The van der Waals surface area contributed by atoms with Crippen molar-refractivity contribution in [3.05, 3.63) is 58.7 Å². The molecule has 2 amide bonds. The molecule has 1 fully saturated rings. The second kappa shape index (κ2) is 7.31. The number of carbonyl (C=O) groups is 2. The third-order valence-corrected chi connectivity index (χ3v) is 5.99. The van der Waals surface area contributed by atoms with Crippen LogP contribution in [0.2, 0.25) is 0 Å². The minimum absolute atomic E-state index is 0.0121. The lowest BCUT2D eigenvalue weighted by atomic mass is 9.97. The van der Waals surface area contributed by atoms with Crippen molar-refractivity contribution in [2.45, 2.75) is 32.0 Å². The highest BCUT2D eigenvalue weighted by atomic mass is 32.1. The molecule has 4 rings (SSSR count). The van der Waals surface area contributed by atoms with E-state index in [2.05, 4.69) is 5.32 Å². The molecule has 2 aromatic carbocycles. The molecule has 0 saturated carbocycles. The number of hydrogen-bond donors (Lipinski definition) is 1. The molecule has 10 heteroatoms. The monoisotopic (exact) mass is 458 g/mol. The Bertz CT molecular complexity index is 1220. The summed E-state index contributed by atoms with van der Waals surface area (Å²) in [6, 6.07) is 9.68. The van der Waals surface area contributed by atoms with E-state index in [4.69, 9.17) is 17.5 Å². The zero-order chi connectivity index (χ0) is 23.4. The summed E-state index contributed by atoms with van der Waals surface area (Å²) >= 11 is 5.53. The number of amides is 2. The first-order valence-corrected chi connectivity index (χ1v) is 10.1. The van der Waals surface area contributed by atoms with E-state index in [1.54, 1.807) is 36.9 Å². The van der Waals surface area contributed by atoms with Crippen LogP contribution in [0.15, 0.2) is 36.4 Å². The summed E-state index contributed by atoms with van der Waals surface area (Å²) in [7, 11) is 0. The number of benzene rings is 2. The SMILES string of the molecule is CC1(C)C(=O)N(c2ccc(C#N)c(C(F)(F)F)c2)C(=S)N1c1ccc2c(c1)CCNC2=O. The van der Waals surface area contributed by atoms with Gasteiger partial charge in [0.25, 0.3) is 11.8 Å². The highest BCUT2D eigenvalue weighted by Crippen LogP contribution is 2.40. The van der Waals surface area contributed by atoms with Crippen LogP contribution < -0.4 is 15.1 Å². The summed E-state index contributed by atoms with van der Waals surface area (Å²) in [6.45, 7) is 3.74. The van der Waals surface area contributed by atoms with Crippen LogP contribution in [0.5, 0.6) is 0 Å². The van der Waals surface area contributed by atoms with Gasteiger partial charge in [-0.15, -0.1) is 0 Å². The first kappa shape index (κ1) is 21.8. The Kier molecular flexibility index (Phi) is 4.97. The van der Waals surface area contributed by atoms with Crippen LogP contribution in [0, 0.1) is 11.3 Å². The number of carbonyl (C=O) groups excluding carboxylic acids is 2. The second-order valence-electron chi connectivity index (χ2n) is 8.00. The van der Waals surface area contributed by atoms with Gasteiger partial charge in [0.1, 0.15) is 5.54 Å². The molecular weight excluding hydrogens is 441 g/mol. The van der Waals surface area contributed by atoms with Crippen LogP contribution in [0.25, 0.3) is 0 Å². The normalized spacial score (nSPS) is 17.8. The van der Waals surface area contributed by atoms with Crippen LogP contribution in [0.4, 0.5) is 24.5 Å². The van der Waals surface area contributed by atoms with E-state index in [1.165, 1.54) is 12.1 Å². The van der Waals surface area contributed by atoms with Gasteiger partial charge in [0, 0.05) is 17.8 Å². The fourth-order valence-electron chi connectivity index (χ4n) is 4.01.